The van der Waals surface area contributed by atoms with Crippen LogP contribution in [0.25, 0.3) is 0 Å². The molecule has 1 aliphatic rings. The number of carboxylic acid groups (broad SMARTS) is 1. The van der Waals surface area contributed by atoms with Gasteiger partial charge in [0, 0.05) is 16.7 Å². The zero-order valence-electron chi connectivity index (χ0n) is 10.5. The van der Waals surface area contributed by atoms with E-state index in [1.165, 1.54) is 12.1 Å². The minimum atomic E-state index is -1.59. The van der Waals surface area contributed by atoms with Crippen LogP contribution >= 0.6 is 0 Å². The second kappa shape index (κ2) is 4.17. The highest BCUT2D eigenvalue weighted by molar-refractivity contribution is 6.30. The van der Waals surface area contributed by atoms with Gasteiger partial charge in [-0.1, -0.05) is 24.3 Å². The van der Waals surface area contributed by atoms with Crippen molar-refractivity contribution in [2.24, 2.45) is 0 Å². The maximum Gasteiger partial charge on any atom is 0.343 e. The molecule has 0 spiro atoms. The predicted molar refractivity (Wildman–Crippen MR) is 70.0 cm³/mol. The van der Waals surface area contributed by atoms with E-state index in [-0.39, 0.29) is 16.7 Å². The average molecular weight is 284 g/mol. The lowest BCUT2D eigenvalue weighted by Gasteiger charge is -2.19. The van der Waals surface area contributed by atoms with Crippen LogP contribution < -0.4 is 0 Å². The molecular weight excluding hydrogens is 276 g/mol. The van der Waals surface area contributed by atoms with Crippen LogP contribution in [0, 0.1) is 0 Å². The number of rotatable bonds is 1. The molecule has 21 heavy (non-hydrogen) atoms. The maximum atomic E-state index is 12.4. The first-order chi connectivity index (χ1) is 9.93. The third-order valence-electron chi connectivity index (χ3n) is 3.38. The van der Waals surface area contributed by atoms with E-state index in [2.05, 4.69) is 0 Å². The number of carboxylic acids is 1. The average Bonchev–Trinajstić information content (AvgIpc) is 2.44. The van der Waals surface area contributed by atoms with Gasteiger partial charge in [0.05, 0.1) is 5.56 Å². The topological polar surface area (TPSA) is 112 Å². The number of aromatic hydroxyl groups is 2. The van der Waals surface area contributed by atoms with E-state index in [0.29, 0.717) is 0 Å². The van der Waals surface area contributed by atoms with Gasteiger partial charge in [-0.25, -0.2) is 4.79 Å². The number of carbonyl (C=O) groups excluding carboxylic acids is 2. The van der Waals surface area contributed by atoms with Crippen LogP contribution in [0.5, 0.6) is 11.5 Å². The Morgan fingerprint density at radius 1 is 0.905 bits per heavy atom. The summed E-state index contributed by atoms with van der Waals surface area (Å²) >= 11 is 0. The van der Waals surface area contributed by atoms with E-state index in [9.17, 15) is 24.6 Å². The van der Waals surface area contributed by atoms with Gasteiger partial charge in [-0.3, -0.25) is 9.59 Å². The fourth-order valence-corrected chi connectivity index (χ4v) is 2.43. The van der Waals surface area contributed by atoms with Crippen molar-refractivity contribution in [1.82, 2.24) is 0 Å². The minimum absolute atomic E-state index is 0.0901. The van der Waals surface area contributed by atoms with Crippen molar-refractivity contribution in [1.29, 1.82) is 0 Å². The van der Waals surface area contributed by atoms with E-state index < -0.39 is 40.2 Å². The monoisotopic (exact) mass is 284 g/mol. The SMILES string of the molecule is O=C1c2ccccc2C(=O)c2c1cc(O)c(C(=O)O)c2O. The predicted octanol–water partition coefficient (Wildman–Crippen LogP) is 1.57. The summed E-state index contributed by atoms with van der Waals surface area (Å²) in [5.74, 6) is -4.46. The van der Waals surface area contributed by atoms with Crippen LogP contribution in [0.3, 0.4) is 0 Å². The van der Waals surface area contributed by atoms with E-state index in [1.807, 2.05) is 0 Å². The van der Waals surface area contributed by atoms with Gasteiger partial charge in [0.25, 0.3) is 0 Å². The molecule has 0 aliphatic heterocycles. The van der Waals surface area contributed by atoms with E-state index in [1.54, 1.807) is 12.1 Å². The van der Waals surface area contributed by atoms with Gasteiger partial charge in [-0.2, -0.15) is 0 Å². The second-order valence-corrected chi connectivity index (χ2v) is 4.55. The largest absolute Gasteiger partial charge is 0.507 e. The van der Waals surface area contributed by atoms with Gasteiger partial charge in [0.2, 0.25) is 0 Å². The first-order valence-corrected chi connectivity index (χ1v) is 5.94. The highest BCUT2D eigenvalue weighted by Gasteiger charge is 2.35. The summed E-state index contributed by atoms with van der Waals surface area (Å²) in [5, 5.41) is 28.6. The molecule has 6 nitrogen and oxygen atoms in total. The van der Waals surface area contributed by atoms with Crippen LogP contribution in [0.1, 0.15) is 42.2 Å². The van der Waals surface area contributed by atoms with Crippen LogP contribution in [0.2, 0.25) is 0 Å². The normalized spacial score (nSPS) is 12.8. The smallest absolute Gasteiger partial charge is 0.343 e. The number of ketones is 2. The summed E-state index contributed by atoms with van der Waals surface area (Å²) in [4.78, 5) is 35.7. The molecule has 0 amide bonds. The van der Waals surface area contributed by atoms with Crippen molar-refractivity contribution in [2.75, 3.05) is 0 Å². The molecular formula is C15H8O6. The molecule has 1 aliphatic carbocycles. The highest BCUT2D eigenvalue weighted by atomic mass is 16.4. The number of hydrogen-bond acceptors (Lipinski definition) is 5. The molecule has 0 heterocycles. The maximum absolute atomic E-state index is 12.4. The lowest BCUT2D eigenvalue weighted by atomic mass is 9.82. The number of phenols is 2. The van der Waals surface area contributed by atoms with Crippen molar-refractivity contribution >= 4 is 17.5 Å². The molecule has 0 unspecified atom stereocenters. The Kier molecular flexibility index (Phi) is 2.56. The van der Waals surface area contributed by atoms with Crippen molar-refractivity contribution < 1.29 is 29.7 Å². The summed E-state index contributed by atoms with van der Waals surface area (Å²) < 4.78 is 0. The van der Waals surface area contributed by atoms with Crippen LogP contribution in [-0.4, -0.2) is 32.9 Å². The molecule has 0 atom stereocenters. The van der Waals surface area contributed by atoms with Crippen molar-refractivity contribution in [3.63, 3.8) is 0 Å². The zero-order chi connectivity index (χ0) is 15.3. The Labute approximate surface area is 117 Å². The summed E-state index contributed by atoms with van der Waals surface area (Å²) in [6, 6.07) is 6.92. The van der Waals surface area contributed by atoms with Crippen molar-refractivity contribution in [3.05, 3.63) is 58.1 Å². The molecule has 6 heteroatoms. The molecule has 0 saturated carbocycles. The van der Waals surface area contributed by atoms with Crippen LogP contribution in [0.15, 0.2) is 30.3 Å². The number of fused-ring (bicyclic) bond motifs is 2. The van der Waals surface area contributed by atoms with Gasteiger partial charge >= 0.3 is 5.97 Å². The summed E-state index contributed by atoms with van der Waals surface area (Å²) in [6.45, 7) is 0. The quantitative estimate of drug-likeness (QED) is 0.625. The highest BCUT2D eigenvalue weighted by Crippen LogP contribution is 2.39. The fraction of sp³-hybridized carbons (Fsp3) is 0. The number of hydrogen-bond donors (Lipinski definition) is 3. The second-order valence-electron chi connectivity index (χ2n) is 4.55. The molecule has 0 bridgehead atoms. The molecule has 0 saturated heterocycles. The van der Waals surface area contributed by atoms with Gasteiger partial charge in [0.1, 0.15) is 17.1 Å². The summed E-state index contributed by atoms with van der Waals surface area (Å²) in [6.07, 6.45) is 0. The van der Waals surface area contributed by atoms with Gasteiger partial charge in [-0.15, -0.1) is 0 Å². The molecule has 104 valence electrons. The molecule has 0 aromatic heterocycles. The third-order valence-corrected chi connectivity index (χ3v) is 3.38. The minimum Gasteiger partial charge on any atom is -0.507 e. The van der Waals surface area contributed by atoms with E-state index >= 15 is 0 Å². The third kappa shape index (κ3) is 1.62. The molecule has 3 N–H and O–H groups in total. The van der Waals surface area contributed by atoms with Gasteiger partial charge in [-0.05, 0) is 6.07 Å². The summed E-state index contributed by atoms with van der Waals surface area (Å²) in [7, 11) is 0. The Bertz CT molecular complexity index is 834. The van der Waals surface area contributed by atoms with Gasteiger partial charge < -0.3 is 15.3 Å². The Morgan fingerprint density at radius 2 is 1.48 bits per heavy atom. The molecule has 2 aromatic rings. The molecule has 2 aromatic carbocycles. The Morgan fingerprint density at radius 3 is 2.05 bits per heavy atom. The van der Waals surface area contributed by atoms with E-state index in [0.717, 1.165) is 6.07 Å². The first kappa shape index (κ1) is 12.9. The molecule has 0 radical (unpaired) electrons. The van der Waals surface area contributed by atoms with Gasteiger partial charge in [0.15, 0.2) is 11.6 Å². The summed E-state index contributed by atoms with van der Waals surface area (Å²) in [5.41, 5.74) is -1.16. The Hall–Kier alpha value is -3.15. The standard InChI is InChI=1S/C15H8O6/c16-9-5-8-10(14(19)11(9)15(20)21)13(18)7-4-2-1-3-6(7)12(8)17/h1-5,16,19H,(H,20,21). The van der Waals surface area contributed by atoms with Crippen LogP contribution in [0.4, 0.5) is 0 Å². The fourth-order valence-electron chi connectivity index (χ4n) is 2.43. The molecule has 0 fully saturated rings. The number of aromatic carboxylic acids is 1. The zero-order valence-corrected chi connectivity index (χ0v) is 10.5. The number of carbonyl (C=O) groups is 3. The Balaban J connectivity index is 2.39. The lowest BCUT2D eigenvalue weighted by Crippen LogP contribution is -2.21. The number of benzene rings is 2. The first-order valence-electron chi connectivity index (χ1n) is 5.94. The van der Waals surface area contributed by atoms with Crippen LogP contribution in [-0.2, 0) is 0 Å². The van der Waals surface area contributed by atoms with Crippen molar-refractivity contribution in [2.45, 2.75) is 0 Å². The molecule has 3 rings (SSSR count). The van der Waals surface area contributed by atoms with E-state index in [4.69, 9.17) is 5.11 Å². The lowest BCUT2D eigenvalue weighted by molar-refractivity contribution is 0.0689. The van der Waals surface area contributed by atoms with Crippen molar-refractivity contribution in [3.8, 4) is 11.5 Å².